The van der Waals surface area contributed by atoms with E-state index in [1.807, 2.05) is 12.1 Å². The van der Waals surface area contributed by atoms with Gasteiger partial charge < -0.3 is 19.7 Å². The van der Waals surface area contributed by atoms with Crippen molar-refractivity contribution in [2.75, 3.05) is 13.2 Å². The highest BCUT2D eigenvalue weighted by Gasteiger charge is 2.28. The van der Waals surface area contributed by atoms with Crippen LogP contribution in [0.2, 0.25) is 0 Å². The van der Waals surface area contributed by atoms with Crippen molar-refractivity contribution in [1.82, 2.24) is 0 Å². The van der Waals surface area contributed by atoms with Crippen molar-refractivity contribution in [3.8, 4) is 23.0 Å². The van der Waals surface area contributed by atoms with Crippen LogP contribution in [0.25, 0.3) is 0 Å². The lowest BCUT2D eigenvalue weighted by atomic mass is 9.80. The Kier molecular flexibility index (Phi) is 10.4. The SMILES string of the molecule is CCC(C)(C)c1cc(C(=O)c2ccccc2)c(O)cc1OCCCOc1cc(O)c(C(=O)c2ccccc2)cc1C(C)(C)CC. The normalized spacial score (nSPS) is 11.7. The second-order valence-corrected chi connectivity index (χ2v) is 12.6. The molecule has 0 aliphatic carbocycles. The quantitative estimate of drug-likeness (QED) is 0.110. The maximum absolute atomic E-state index is 13.2. The molecule has 0 spiro atoms. The van der Waals surface area contributed by atoms with Crippen LogP contribution in [0, 0.1) is 0 Å². The van der Waals surface area contributed by atoms with Gasteiger partial charge in [0.15, 0.2) is 11.6 Å². The molecule has 0 unspecified atom stereocenters. The Balaban J connectivity index is 1.51. The summed E-state index contributed by atoms with van der Waals surface area (Å²) in [6.45, 7) is 13.1. The van der Waals surface area contributed by atoms with Gasteiger partial charge in [-0.1, -0.05) is 102 Å². The minimum atomic E-state index is -0.303. The van der Waals surface area contributed by atoms with E-state index in [1.54, 1.807) is 60.7 Å². The molecule has 0 aliphatic rings. The van der Waals surface area contributed by atoms with Crippen LogP contribution >= 0.6 is 0 Å². The molecule has 0 atom stereocenters. The number of aromatic hydroxyl groups is 2. The molecule has 0 radical (unpaired) electrons. The van der Waals surface area contributed by atoms with Gasteiger partial charge in [-0.2, -0.15) is 0 Å². The predicted octanol–water partition coefficient (Wildman–Crippen LogP) is 8.78. The predicted molar refractivity (Wildman–Crippen MR) is 178 cm³/mol. The summed E-state index contributed by atoms with van der Waals surface area (Å²) in [7, 11) is 0. The molecule has 236 valence electrons. The van der Waals surface area contributed by atoms with Crippen molar-refractivity contribution in [3.63, 3.8) is 0 Å². The average Bonchev–Trinajstić information content (AvgIpc) is 3.04. The summed E-state index contributed by atoms with van der Waals surface area (Å²) in [5.74, 6) is 0.311. The summed E-state index contributed by atoms with van der Waals surface area (Å²) in [4.78, 5) is 26.4. The number of benzene rings is 4. The van der Waals surface area contributed by atoms with Gasteiger partial charge in [-0.25, -0.2) is 0 Å². The number of hydrogen-bond donors (Lipinski definition) is 2. The molecule has 0 aliphatic heterocycles. The molecule has 0 heterocycles. The molecule has 2 N–H and O–H groups in total. The van der Waals surface area contributed by atoms with E-state index in [2.05, 4.69) is 41.5 Å². The van der Waals surface area contributed by atoms with E-state index < -0.39 is 0 Å². The fourth-order valence-electron chi connectivity index (χ4n) is 5.09. The van der Waals surface area contributed by atoms with Crippen molar-refractivity contribution in [2.45, 2.75) is 71.6 Å². The zero-order valence-electron chi connectivity index (χ0n) is 27.1. The molecule has 0 saturated carbocycles. The second-order valence-electron chi connectivity index (χ2n) is 12.6. The number of ketones is 2. The zero-order valence-corrected chi connectivity index (χ0v) is 27.1. The number of carbonyl (C=O) groups is 2. The van der Waals surface area contributed by atoms with Crippen LogP contribution in [0.15, 0.2) is 84.9 Å². The molecule has 45 heavy (non-hydrogen) atoms. The molecule has 0 fully saturated rings. The monoisotopic (exact) mass is 608 g/mol. The third kappa shape index (κ3) is 7.56. The highest BCUT2D eigenvalue weighted by atomic mass is 16.5. The fraction of sp³-hybridized carbons (Fsp3) is 0.333. The minimum Gasteiger partial charge on any atom is -0.507 e. The van der Waals surface area contributed by atoms with Gasteiger partial charge >= 0.3 is 0 Å². The molecule has 0 amide bonds. The van der Waals surface area contributed by atoms with Crippen molar-refractivity contribution >= 4 is 11.6 Å². The summed E-state index contributed by atoms with van der Waals surface area (Å²) >= 11 is 0. The van der Waals surface area contributed by atoms with E-state index in [4.69, 9.17) is 9.47 Å². The van der Waals surface area contributed by atoms with E-state index in [0.717, 1.165) is 24.0 Å². The number of ether oxygens (including phenoxy) is 2. The molecular formula is C39H44O6. The topological polar surface area (TPSA) is 93.1 Å². The highest BCUT2D eigenvalue weighted by molar-refractivity contribution is 6.11. The van der Waals surface area contributed by atoms with Crippen LogP contribution in [-0.4, -0.2) is 35.0 Å². The lowest BCUT2D eigenvalue weighted by Crippen LogP contribution is -2.20. The highest BCUT2D eigenvalue weighted by Crippen LogP contribution is 2.40. The number of phenolic OH excluding ortho intramolecular Hbond substituents is 2. The summed E-state index contributed by atoms with van der Waals surface area (Å²) in [6.07, 6.45) is 2.13. The lowest BCUT2D eigenvalue weighted by Gasteiger charge is -2.28. The van der Waals surface area contributed by atoms with Gasteiger partial charge in [0.05, 0.1) is 24.3 Å². The van der Waals surface area contributed by atoms with E-state index in [9.17, 15) is 19.8 Å². The third-order valence-electron chi connectivity index (χ3n) is 8.79. The number of carbonyl (C=O) groups excluding carboxylic acids is 2. The van der Waals surface area contributed by atoms with Gasteiger partial charge in [0.25, 0.3) is 0 Å². The molecule has 4 aromatic rings. The van der Waals surface area contributed by atoms with Crippen molar-refractivity contribution in [1.29, 1.82) is 0 Å². The van der Waals surface area contributed by atoms with Crippen molar-refractivity contribution < 1.29 is 29.3 Å². The van der Waals surface area contributed by atoms with Crippen LogP contribution in [0.5, 0.6) is 23.0 Å². The average molecular weight is 609 g/mol. The summed E-state index contributed by atoms with van der Waals surface area (Å²) in [6, 6.07) is 24.4. The Morgan fingerprint density at radius 2 is 0.956 bits per heavy atom. The first-order chi connectivity index (χ1) is 21.4. The summed E-state index contributed by atoms with van der Waals surface area (Å²) < 4.78 is 12.4. The van der Waals surface area contributed by atoms with Crippen molar-refractivity contribution in [2.24, 2.45) is 0 Å². The molecular weight excluding hydrogens is 564 g/mol. The summed E-state index contributed by atoms with van der Waals surface area (Å²) in [5, 5.41) is 21.7. The van der Waals surface area contributed by atoms with E-state index in [0.29, 0.717) is 42.3 Å². The largest absolute Gasteiger partial charge is 0.507 e. The molecule has 0 aromatic heterocycles. The van der Waals surface area contributed by atoms with E-state index >= 15 is 0 Å². The van der Waals surface area contributed by atoms with Crippen LogP contribution in [0.1, 0.15) is 104 Å². The first-order valence-corrected chi connectivity index (χ1v) is 15.6. The molecule has 4 aromatic carbocycles. The van der Waals surface area contributed by atoms with Gasteiger partial charge in [-0.3, -0.25) is 9.59 Å². The van der Waals surface area contributed by atoms with Gasteiger partial charge in [0.1, 0.15) is 23.0 Å². The Bertz CT molecular complexity index is 1510. The smallest absolute Gasteiger partial charge is 0.196 e. The molecule has 4 rings (SSSR count). The fourth-order valence-corrected chi connectivity index (χ4v) is 5.09. The molecule has 0 saturated heterocycles. The van der Waals surface area contributed by atoms with Gasteiger partial charge in [-0.15, -0.1) is 0 Å². The Morgan fingerprint density at radius 1 is 0.600 bits per heavy atom. The Morgan fingerprint density at radius 3 is 1.29 bits per heavy atom. The molecule has 6 heteroatoms. The summed E-state index contributed by atoms with van der Waals surface area (Å²) in [5.41, 5.74) is 2.59. The lowest BCUT2D eigenvalue weighted by molar-refractivity contribution is 0.102. The van der Waals surface area contributed by atoms with Gasteiger partial charge in [0, 0.05) is 40.8 Å². The maximum Gasteiger partial charge on any atom is 0.196 e. The maximum atomic E-state index is 13.2. The first kappa shape index (κ1) is 33.3. The van der Waals surface area contributed by atoms with Gasteiger partial charge in [0.2, 0.25) is 0 Å². The van der Waals surface area contributed by atoms with Crippen LogP contribution < -0.4 is 9.47 Å². The number of phenols is 2. The van der Waals surface area contributed by atoms with Crippen LogP contribution in [-0.2, 0) is 10.8 Å². The van der Waals surface area contributed by atoms with E-state index in [-0.39, 0.29) is 45.0 Å². The Labute approximate surface area is 266 Å². The van der Waals surface area contributed by atoms with Crippen LogP contribution in [0.4, 0.5) is 0 Å². The third-order valence-corrected chi connectivity index (χ3v) is 8.79. The van der Waals surface area contributed by atoms with Crippen LogP contribution in [0.3, 0.4) is 0 Å². The molecule has 0 bridgehead atoms. The van der Waals surface area contributed by atoms with Gasteiger partial charge in [-0.05, 0) is 35.8 Å². The first-order valence-electron chi connectivity index (χ1n) is 15.6. The molecule has 6 nitrogen and oxygen atoms in total. The van der Waals surface area contributed by atoms with E-state index in [1.165, 1.54) is 12.1 Å². The number of hydrogen-bond acceptors (Lipinski definition) is 6. The standard InChI is InChI=1S/C39H44O6/c1-7-38(3,4)30-22-28(36(42)26-16-11-9-12-17-26)32(40)24-34(30)44-20-15-21-45-35-25-33(41)29(23-31(35)39(5,6)8-2)37(43)27-18-13-10-14-19-27/h9-14,16-19,22-25,40-41H,7-8,15,20-21H2,1-6H3. The second kappa shape index (κ2) is 14.0. The Hall–Kier alpha value is -4.58. The number of rotatable bonds is 14. The minimum absolute atomic E-state index is 0.127. The van der Waals surface area contributed by atoms with Crippen molar-refractivity contribution in [3.05, 3.63) is 118 Å². The zero-order chi connectivity index (χ0) is 32.8.